The molecule has 1 aliphatic carbocycles. The van der Waals surface area contributed by atoms with Gasteiger partial charge in [0.05, 0.1) is 0 Å². The molecule has 1 aliphatic rings. The van der Waals surface area contributed by atoms with Crippen molar-refractivity contribution < 1.29 is 9.90 Å². The molecule has 0 heterocycles. The van der Waals surface area contributed by atoms with Gasteiger partial charge in [-0.2, -0.15) is 0 Å². The molecule has 1 amide bonds. The molecule has 0 saturated heterocycles. The van der Waals surface area contributed by atoms with Crippen LogP contribution in [0.2, 0.25) is 0 Å². The van der Waals surface area contributed by atoms with E-state index in [9.17, 15) is 9.90 Å². The molecule has 0 spiro atoms. The lowest BCUT2D eigenvalue weighted by atomic mass is 9.93. The second-order valence-electron chi connectivity index (χ2n) is 2.34. The maximum atomic E-state index is 10.4. The van der Waals surface area contributed by atoms with E-state index in [1.807, 2.05) is 0 Å². The number of carbonyl (C=O) groups is 1. The molecule has 1 radical (unpaired) electrons. The highest BCUT2D eigenvalue weighted by Crippen LogP contribution is 2.17. The number of rotatable bonds is 2. The highest BCUT2D eigenvalue weighted by atomic mass is 16.3. The first-order valence-corrected chi connectivity index (χ1v) is 3.20. The Kier molecular flexibility index (Phi) is 2.05. The largest absolute Gasteiger partial charge is 0.351 e. The van der Waals surface area contributed by atoms with Crippen molar-refractivity contribution in [2.24, 2.45) is 0 Å². The van der Waals surface area contributed by atoms with Crippen molar-refractivity contribution in [2.75, 3.05) is 6.61 Å². The Balaban J connectivity index is 2.09. The van der Waals surface area contributed by atoms with Gasteiger partial charge in [0, 0.05) is 6.04 Å². The highest BCUT2D eigenvalue weighted by molar-refractivity contribution is 5.77. The van der Waals surface area contributed by atoms with Crippen LogP contribution in [0.5, 0.6) is 0 Å². The first-order valence-electron chi connectivity index (χ1n) is 3.20. The topological polar surface area (TPSA) is 49.0 Å². The smallest absolute Gasteiger partial charge is 0.249 e. The standard InChI is InChI=1S/C6H10NO2/c8-4-6(9)7-5-2-1-3-5/h5H,1-4H2,(H,7,9). The van der Waals surface area contributed by atoms with Gasteiger partial charge in [0.1, 0.15) is 0 Å². The Bertz CT molecular complexity index is 110. The second-order valence-corrected chi connectivity index (χ2v) is 2.34. The molecule has 0 aromatic rings. The first kappa shape index (κ1) is 6.55. The van der Waals surface area contributed by atoms with E-state index in [4.69, 9.17) is 0 Å². The number of carbonyl (C=O) groups excluding carboxylic acids is 1. The van der Waals surface area contributed by atoms with Gasteiger partial charge in [-0.1, -0.05) is 0 Å². The summed E-state index contributed by atoms with van der Waals surface area (Å²) in [7, 11) is 0. The molecule has 0 atom stereocenters. The van der Waals surface area contributed by atoms with Crippen molar-refractivity contribution >= 4 is 5.91 Å². The summed E-state index contributed by atoms with van der Waals surface area (Å²) in [5, 5.41) is 12.5. The third kappa shape index (κ3) is 1.68. The van der Waals surface area contributed by atoms with E-state index in [0.29, 0.717) is 6.04 Å². The summed E-state index contributed by atoms with van der Waals surface area (Å²) in [5.74, 6) is -0.361. The van der Waals surface area contributed by atoms with E-state index in [2.05, 4.69) is 5.32 Å². The molecular formula is C6H10NO2. The fraction of sp³-hybridized carbons (Fsp3) is 0.833. The number of hydrogen-bond acceptors (Lipinski definition) is 1. The van der Waals surface area contributed by atoms with E-state index in [-0.39, 0.29) is 5.91 Å². The highest BCUT2D eigenvalue weighted by Gasteiger charge is 2.18. The molecule has 1 fully saturated rings. The van der Waals surface area contributed by atoms with Crippen molar-refractivity contribution in [3.63, 3.8) is 0 Å². The lowest BCUT2D eigenvalue weighted by Gasteiger charge is -2.25. The summed E-state index contributed by atoms with van der Waals surface area (Å²) in [6.45, 7) is -0.628. The molecule has 0 unspecified atom stereocenters. The fourth-order valence-corrected chi connectivity index (χ4v) is 0.822. The lowest BCUT2D eigenvalue weighted by Crippen LogP contribution is -2.40. The number of nitrogens with one attached hydrogen (secondary N) is 1. The van der Waals surface area contributed by atoms with Gasteiger partial charge >= 0.3 is 0 Å². The average molecular weight is 128 g/mol. The zero-order valence-electron chi connectivity index (χ0n) is 5.22. The number of amides is 1. The Morgan fingerprint density at radius 1 is 1.56 bits per heavy atom. The summed E-state index contributed by atoms with van der Waals surface area (Å²) in [6.07, 6.45) is 3.28. The third-order valence-electron chi connectivity index (χ3n) is 1.60. The van der Waals surface area contributed by atoms with Crippen LogP contribution >= 0.6 is 0 Å². The average Bonchev–Trinajstić information content (AvgIpc) is 1.78. The van der Waals surface area contributed by atoms with Crippen LogP contribution in [0.4, 0.5) is 0 Å². The van der Waals surface area contributed by atoms with Crippen molar-refractivity contribution in [3.8, 4) is 0 Å². The second kappa shape index (κ2) is 2.82. The third-order valence-corrected chi connectivity index (χ3v) is 1.60. The Hall–Kier alpha value is -0.570. The van der Waals surface area contributed by atoms with Crippen LogP contribution in [-0.4, -0.2) is 18.6 Å². The normalized spacial score (nSPS) is 18.8. The monoisotopic (exact) mass is 128 g/mol. The van der Waals surface area contributed by atoms with Crippen LogP contribution in [0.25, 0.3) is 0 Å². The first-order chi connectivity index (χ1) is 4.33. The van der Waals surface area contributed by atoms with Gasteiger partial charge in [-0.3, -0.25) is 4.79 Å². The van der Waals surface area contributed by atoms with Crippen molar-refractivity contribution in [1.82, 2.24) is 5.32 Å². The molecule has 9 heavy (non-hydrogen) atoms. The van der Waals surface area contributed by atoms with E-state index in [0.717, 1.165) is 12.8 Å². The number of hydrogen-bond donors (Lipinski definition) is 1. The van der Waals surface area contributed by atoms with E-state index in [1.165, 1.54) is 6.42 Å². The minimum Gasteiger partial charge on any atom is -0.351 e. The predicted octanol–water partition coefficient (Wildman–Crippen LogP) is 0.0856. The minimum atomic E-state index is -0.628. The Labute approximate surface area is 54.1 Å². The summed E-state index contributed by atoms with van der Waals surface area (Å²) < 4.78 is 0. The van der Waals surface area contributed by atoms with Crippen LogP contribution in [0.1, 0.15) is 19.3 Å². The maximum Gasteiger partial charge on any atom is 0.249 e. The van der Waals surface area contributed by atoms with Gasteiger partial charge < -0.3 is 5.32 Å². The van der Waals surface area contributed by atoms with E-state index < -0.39 is 6.61 Å². The van der Waals surface area contributed by atoms with Gasteiger partial charge in [-0.05, 0) is 19.3 Å². The van der Waals surface area contributed by atoms with E-state index >= 15 is 0 Å². The van der Waals surface area contributed by atoms with Crippen molar-refractivity contribution in [2.45, 2.75) is 25.3 Å². The summed E-state index contributed by atoms with van der Waals surface area (Å²) in [6, 6.07) is 0.312. The molecule has 1 rings (SSSR count). The summed E-state index contributed by atoms with van der Waals surface area (Å²) in [4.78, 5) is 10.4. The molecule has 1 N–H and O–H groups in total. The molecular weight excluding hydrogens is 118 g/mol. The zero-order valence-corrected chi connectivity index (χ0v) is 5.22. The molecule has 51 valence electrons. The van der Waals surface area contributed by atoms with Gasteiger partial charge in [0.25, 0.3) is 0 Å². The molecule has 1 saturated carbocycles. The maximum absolute atomic E-state index is 10.4. The van der Waals surface area contributed by atoms with Crippen molar-refractivity contribution in [1.29, 1.82) is 0 Å². The van der Waals surface area contributed by atoms with Crippen LogP contribution in [-0.2, 0) is 9.90 Å². The Morgan fingerprint density at radius 2 is 2.22 bits per heavy atom. The fourth-order valence-electron chi connectivity index (χ4n) is 0.822. The summed E-state index contributed by atoms with van der Waals surface area (Å²) >= 11 is 0. The van der Waals surface area contributed by atoms with Gasteiger partial charge in [0.15, 0.2) is 6.61 Å². The van der Waals surface area contributed by atoms with Gasteiger partial charge in [-0.25, -0.2) is 5.11 Å². The minimum absolute atomic E-state index is 0.312. The van der Waals surface area contributed by atoms with Crippen LogP contribution in [0, 0.1) is 0 Å². The quantitative estimate of drug-likeness (QED) is 0.562. The van der Waals surface area contributed by atoms with Gasteiger partial charge in [-0.15, -0.1) is 0 Å². The van der Waals surface area contributed by atoms with Crippen molar-refractivity contribution in [3.05, 3.63) is 0 Å². The lowest BCUT2D eigenvalue weighted by molar-refractivity contribution is -0.126. The Morgan fingerprint density at radius 3 is 2.56 bits per heavy atom. The molecule has 0 aromatic carbocycles. The molecule has 3 nitrogen and oxygen atoms in total. The molecule has 3 heteroatoms. The van der Waals surface area contributed by atoms with Crippen LogP contribution in [0.15, 0.2) is 0 Å². The zero-order chi connectivity index (χ0) is 6.69. The van der Waals surface area contributed by atoms with Gasteiger partial charge in [0.2, 0.25) is 5.91 Å². The van der Waals surface area contributed by atoms with E-state index in [1.54, 1.807) is 0 Å². The predicted molar refractivity (Wildman–Crippen MR) is 31.3 cm³/mol. The van der Waals surface area contributed by atoms with Crippen LogP contribution in [0.3, 0.4) is 0 Å². The van der Waals surface area contributed by atoms with Crippen LogP contribution < -0.4 is 5.32 Å². The molecule has 0 aliphatic heterocycles. The summed E-state index contributed by atoms with van der Waals surface area (Å²) in [5.41, 5.74) is 0. The molecule has 0 bridgehead atoms. The SMILES string of the molecule is [O]CC(=O)NC1CCC1. The molecule has 0 aromatic heterocycles.